The number of nitrogens with one attached hydrogen (secondary N) is 1. The molecule has 1 amide bonds. The fraction of sp³-hybridized carbons (Fsp3) is 0.391. The second kappa shape index (κ2) is 7.33. The highest BCUT2D eigenvalue weighted by atomic mass is 16.8. The zero-order chi connectivity index (χ0) is 21.8. The maximum Gasteiger partial charge on any atom is 0.407 e. The van der Waals surface area contributed by atoms with Gasteiger partial charge in [0.15, 0.2) is 18.2 Å². The number of rotatable bonds is 4. The number of carboxylic acid groups (broad SMARTS) is 1. The van der Waals surface area contributed by atoms with Crippen LogP contribution in [0.4, 0.5) is 4.79 Å². The molecule has 0 saturated carbocycles. The van der Waals surface area contributed by atoms with Crippen molar-refractivity contribution >= 4 is 12.1 Å². The monoisotopic (exact) mass is 425 g/mol. The molecule has 2 N–H and O–H groups in total. The van der Waals surface area contributed by atoms with Gasteiger partial charge in [0.05, 0.1) is 0 Å². The maximum atomic E-state index is 12.6. The highest BCUT2D eigenvalue weighted by Gasteiger charge is 2.57. The number of hydrogen-bond donors (Lipinski definition) is 2. The minimum atomic E-state index is -1.29. The molecule has 0 aromatic heterocycles. The molecule has 2 saturated heterocycles. The van der Waals surface area contributed by atoms with Crippen LogP contribution in [0.25, 0.3) is 11.1 Å². The molecular formula is C23H23NO7. The normalized spacial score (nSPS) is 27.9. The minimum Gasteiger partial charge on any atom is -0.479 e. The summed E-state index contributed by atoms with van der Waals surface area (Å²) < 4.78 is 22.3. The fourth-order valence-corrected chi connectivity index (χ4v) is 4.65. The Balaban J connectivity index is 1.29. The highest BCUT2D eigenvalue weighted by Crippen LogP contribution is 2.44. The predicted molar refractivity (Wildman–Crippen MR) is 108 cm³/mol. The van der Waals surface area contributed by atoms with Crippen molar-refractivity contribution in [3.63, 3.8) is 0 Å². The topological polar surface area (TPSA) is 103 Å². The second-order valence-corrected chi connectivity index (χ2v) is 8.36. The Morgan fingerprint density at radius 1 is 1.03 bits per heavy atom. The first-order chi connectivity index (χ1) is 14.8. The zero-order valence-corrected chi connectivity index (χ0v) is 17.1. The maximum absolute atomic E-state index is 12.6. The summed E-state index contributed by atoms with van der Waals surface area (Å²) in [6.07, 6.45) is -3.62. The number of ether oxygens (including phenoxy) is 4. The van der Waals surface area contributed by atoms with Crippen molar-refractivity contribution in [2.45, 2.75) is 50.1 Å². The molecule has 31 heavy (non-hydrogen) atoms. The van der Waals surface area contributed by atoms with Gasteiger partial charge in [-0.2, -0.15) is 0 Å². The Labute approximate surface area is 179 Å². The lowest BCUT2D eigenvalue weighted by molar-refractivity contribution is -0.211. The van der Waals surface area contributed by atoms with Crippen molar-refractivity contribution in [3.05, 3.63) is 59.7 Å². The summed E-state index contributed by atoms with van der Waals surface area (Å²) in [5.41, 5.74) is 4.45. The van der Waals surface area contributed by atoms with E-state index < -0.39 is 42.4 Å². The minimum absolute atomic E-state index is 0.0917. The molecule has 2 heterocycles. The first kappa shape index (κ1) is 20.0. The third kappa shape index (κ3) is 3.46. The van der Waals surface area contributed by atoms with E-state index in [1.807, 2.05) is 36.4 Å². The number of fused-ring (bicyclic) bond motifs is 4. The number of carbonyl (C=O) groups excluding carboxylic acids is 1. The van der Waals surface area contributed by atoms with Crippen LogP contribution in [0.15, 0.2) is 48.5 Å². The van der Waals surface area contributed by atoms with Gasteiger partial charge in [-0.25, -0.2) is 9.59 Å². The molecule has 162 valence electrons. The quantitative estimate of drug-likeness (QED) is 0.776. The Morgan fingerprint density at radius 2 is 1.65 bits per heavy atom. The van der Waals surface area contributed by atoms with E-state index in [0.717, 1.165) is 22.3 Å². The van der Waals surface area contributed by atoms with Crippen molar-refractivity contribution in [2.75, 3.05) is 6.61 Å². The van der Waals surface area contributed by atoms with Crippen molar-refractivity contribution < 1.29 is 33.6 Å². The van der Waals surface area contributed by atoms with E-state index in [4.69, 9.17) is 18.9 Å². The molecule has 8 nitrogen and oxygen atoms in total. The van der Waals surface area contributed by atoms with Gasteiger partial charge < -0.3 is 29.4 Å². The molecule has 4 atom stereocenters. The van der Waals surface area contributed by atoms with Crippen LogP contribution in [0.2, 0.25) is 0 Å². The average molecular weight is 425 g/mol. The lowest BCUT2D eigenvalue weighted by Crippen LogP contribution is -2.51. The second-order valence-electron chi connectivity index (χ2n) is 8.36. The molecule has 2 fully saturated rings. The Kier molecular flexibility index (Phi) is 4.73. The smallest absolute Gasteiger partial charge is 0.407 e. The van der Waals surface area contributed by atoms with Crippen molar-refractivity contribution in [2.24, 2.45) is 0 Å². The number of carboxylic acids is 1. The van der Waals surface area contributed by atoms with Crippen LogP contribution >= 0.6 is 0 Å². The standard InChI is InChI=1S/C23H23NO7/c1-23(2)30-19-17(18(20(25)26)29-21(19)31-23)24-22(27)28-11-16-14-9-5-3-7-12(14)13-8-4-6-10-15(13)16/h3-10,16-19,21H,11H2,1-2H3,(H,24,27)(H,25,26)/t17-,18+,19-,21-/m1/s1. The average Bonchev–Trinajstić information content (AvgIpc) is 3.33. The van der Waals surface area contributed by atoms with E-state index >= 15 is 0 Å². The van der Waals surface area contributed by atoms with Crippen LogP contribution < -0.4 is 5.32 Å². The highest BCUT2D eigenvalue weighted by molar-refractivity contribution is 5.79. The molecule has 0 bridgehead atoms. The summed E-state index contributed by atoms with van der Waals surface area (Å²) in [5, 5.41) is 12.1. The third-order valence-electron chi connectivity index (χ3n) is 5.92. The van der Waals surface area contributed by atoms with Gasteiger partial charge in [-0.15, -0.1) is 0 Å². The summed E-state index contributed by atoms with van der Waals surface area (Å²) in [5.74, 6) is -2.23. The Bertz CT molecular complexity index is 991. The summed E-state index contributed by atoms with van der Waals surface area (Å²) in [4.78, 5) is 24.2. The lowest BCUT2D eigenvalue weighted by Gasteiger charge is -2.24. The number of amides is 1. The molecule has 5 rings (SSSR count). The largest absolute Gasteiger partial charge is 0.479 e. The van der Waals surface area contributed by atoms with Crippen molar-refractivity contribution in [3.8, 4) is 11.1 Å². The Hall–Kier alpha value is -2.94. The van der Waals surface area contributed by atoms with E-state index in [-0.39, 0.29) is 12.5 Å². The van der Waals surface area contributed by atoms with E-state index in [1.54, 1.807) is 13.8 Å². The number of carbonyl (C=O) groups is 2. The van der Waals surface area contributed by atoms with E-state index in [2.05, 4.69) is 17.4 Å². The van der Waals surface area contributed by atoms with E-state index in [9.17, 15) is 14.7 Å². The number of hydrogen-bond acceptors (Lipinski definition) is 6. The SMILES string of the molecule is CC1(C)O[C@H]2O[C@H](C(=O)O)[C@@H](NC(=O)OCC3c4ccccc4-c4ccccc43)[C@H]2O1. The predicted octanol–water partition coefficient (Wildman–Crippen LogP) is 2.85. The van der Waals surface area contributed by atoms with Crippen LogP contribution in [0, 0.1) is 0 Å². The van der Waals surface area contributed by atoms with Gasteiger partial charge in [-0.1, -0.05) is 48.5 Å². The van der Waals surface area contributed by atoms with Gasteiger partial charge in [0.1, 0.15) is 18.8 Å². The molecule has 2 aromatic carbocycles. The molecule has 1 aliphatic carbocycles. The van der Waals surface area contributed by atoms with E-state index in [1.165, 1.54) is 0 Å². The summed E-state index contributed by atoms with van der Waals surface area (Å²) in [7, 11) is 0. The lowest BCUT2D eigenvalue weighted by atomic mass is 9.98. The van der Waals surface area contributed by atoms with Gasteiger partial charge in [-0.05, 0) is 36.1 Å². The fourth-order valence-electron chi connectivity index (χ4n) is 4.65. The molecular weight excluding hydrogens is 402 g/mol. The van der Waals surface area contributed by atoms with Crippen LogP contribution in [-0.2, 0) is 23.7 Å². The van der Waals surface area contributed by atoms with Crippen LogP contribution in [0.1, 0.15) is 30.9 Å². The molecule has 2 aromatic rings. The number of aliphatic carboxylic acids is 1. The van der Waals surface area contributed by atoms with Crippen molar-refractivity contribution in [1.29, 1.82) is 0 Å². The van der Waals surface area contributed by atoms with Crippen LogP contribution in [0.3, 0.4) is 0 Å². The van der Waals surface area contributed by atoms with Gasteiger partial charge in [0.2, 0.25) is 0 Å². The van der Waals surface area contributed by atoms with Crippen LogP contribution in [0.5, 0.6) is 0 Å². The van der Waals surface area contributed by atoms with Gasteiger partial charge in [0, 0.05) is 5.92 Å². The molecule has 0 radical (unpaired) electrons. The summed E-state index contributed by atoms with van der Waals surface area (Å²) in [6.45, 7) is 3.53. The summed E-state index contributed by atoms with van der Waals surface area (Å²) >= 11 is 0. The Morgan fingerprint density at radius 3 is 2.26 bits per heavy atom. The first-order valence-corrected chi connectivity index (χ1v) is 10.2. The van der Waals surface area contributed by atoms with Crippen LogP contribution in [-0.4, -0.2) is 54.1 Å². The van der Waals surface area contributed by atoms with Crippen molar-refractivity contribution in [1.82, 2.24) is 5.32 Å². The zero-order valence-electron chi connectivity index (χ0n) is 17.1. The molecule has 0 unspecified atom stereocenters. The van der Waals surface area contributed by atoms with Gasteiger partial charge >= 0.3 is 12.1 Å². The van der Waals surface area contributed by atoms with Gasteiger partial charge in [0.25, 0.3) is 0 Å². The molecule has 3 aliphatic rings. The first-order valence-electron chi connectivity index (χ1n) is 10.2. The number of alkyl carbamates (subject to hydrolysis) is 1. The molecule has 2 aliphatic heterocycles. The van der Waals surface area contributed by atoms with Gasteiger partial charge in [-0.3, -0.25) is 0 Å². The molecule has 8 heteroatoms. The molecule has 0 spiro atoms. The summed E-state index contributed by atoms with van der Waals surface area (Å²) in [6, 6.07) is 15.1. The number of benzene rings is 2. The van der Waals surface area contributed by atoms with E-state index in [0.29, 0.717) is 0 Å². The third-order valence-corrected chi connectivity index (χ3v) is 5.92.